The predicted octanol–water partition coefficient (Wildman–Crippen LogP) is 4.19. The Hall–Kier alpha value is -1.24. The van der Waals surface area contributed by atoms with Crippen LogP contribution in [0.2, 0.25) is 0 Å². The fourth-order valence-corrected chi connectivity index (χ4v) is 1.31. The molecule has 1 nitrogen and oxygen atoms in total. The van der Waals surface area contributed by atoms with E-state index in [-0.39, 0.29) is 0 Å². The molecule has 1 aromatic rings. The molecule has 0 atom stereocenters. The van der Waals surface area contributed by atoms with Crippen molar-refractivity contribution in [1.29, 1.82) is 0 Å². The van der Waals surface area contributed by atoms with E-state index >= 15 is 0 Å². The van der Waals surface area contributed by atoms with Crippen molar-refractivity contribution < 1.29 is 0 Å². The monoisotopic (exact) mass is 189 g/mol. The van der Waals surface area contributed by atoms with Gasteiger partial charge >= 0.3 is 0 Å². The van der Waals surface area contributed by atoms with E-state index in [0.29, 0.717) is 0 Å². The van der Waals surface area contributed by atoms with Gasteiger partial charge in [0.1, 0.15) is 0 Å². The molecule has 0 fully saturated rings. The van der Waals surface area contributed by atoms with E-state index in [1.807, 2.05) is 6.07 Å². The number of nitrogens with one attached hydrogen (secondary N) is 1. The zero-order chi connectivity index (χ0) is 10.2. The molecule has 0 aliphatic heterocycles. The van der Waals surface area contributed by atoms with Crippen LogP contribution in [0.4, 0.5) is 5.69 Å². The average Bonchev–Trinajstić information content (AvgIpc) is 2.25. The number of benzene rings is 1. The van der Waals surface area contributed by atoms with Crippen LogP contribution < -0.4 is 5.32 Å². The van der Waals surface area contributed by atoms with Crippen LogP contribution in [-0.4, -0.2) is 0 Å². The molecule has 0 saturated heterocycles. The summed E-state index contributed by atoms with van der Waals surface area (Å²) in [6, 6.07) is 10.3. The van der Waals surface area contributed by atoms with Gasteiger partial charge in [-0.25, -0.2) is 0 Å². The first kappa shape index (κ1) is 10.8. The van der Waals surface area contributed by atoms with Gasteiger partial charge in [-0.3, -0.25) is 0 Å². The summed E-state index contributed by atoms with van der Waals surface area (Å²) < 4.78 is 0. The van der Waals surface area contributed by atoms with Crippen molar-refractivity contribution in [2.45, 2.75) is 33.1 Å². The lowest BCUT2D eigenvalue weighted by Gasteiger charge is -2.08. The van der Waals surface area contributed by atoms with Gasteiger partial charge in [-0.2, -0.15) is 0 Å². The highest BCUT2D eigenvalue weighted by atomic mass is 14.9. The molecule has 0 bridgehead atoms. The first-order valence-electron chi connectivity index (χ1n) is 5.38. The van der Waals surface area contributed by atoms with Gasteiger partial charge < -0.3 is 5.32 Å². The highest BCUT2D eigenvalue weighted by Gasteiger charge is 1.93. The predicted molar refractivity (Wildman–Crippen MR) is 63.3 cm³/mol. The third-order valence-corrected chi connectivity index (χ3v) is 2.14. The molecule has 76 valence electrons. The van der Waals surface area contributed by atoms with Crippen LogP contribution in [0.5, 0.6) is 0 Å². The molecular weight excluding hydrogens is 170 g/mol. The number of unbranched alkanes of at least 4 members (excludes halogenated alkanes) is 1. The van der Waals surface area contributed by atoms with Crippen molar-refractivity contribution >= 4 is 5.69 Å². The highest BCUT2D eigenvalue weighted by Crippen LogP contribution is 2.11. The standard InChI is InChI=1S/C13H19N/c1-3-5-9-12(4-2)14-13-10-7-6-8-11-13/h6-11,14H,3-5H2,1-2H3. The second-order valence-corrected chi connectivity index (χ2v) is 3.36. The van der Waals surface area contributed by atoms with E-state index in [2.05, 4.69) is 49.5 Å². The Morgan fingerprint density at radius 3 is 2.50 bits per heavy atom. The van der Waals surface area contributed by atoms with E-state index < -0.39 is 0 Å². The van der Waals surface area contributed by atoms with Gasteiger partial charge in [0.25, 0.3) is 0 Å². The molecule has 0 radical (unpaired) electrons. The Morgan fingerprint density at radius 2 is 1.93 bits per heavy atom. The van der Waals surface area contributed by atoms with Crippen LogP contribution in [0.15, 0.2) is 42.1 Å². The number of rotatable bonds is 5. The maximum atomic E-state index is 3.42. The minimum atomic E-state index is 1.06. The van der Waals surface area contributed by atoms with Crippen LogP contribution in [0, 0.1) is 0 Å². The number of para-hydroxylation sites is 1. The van der Waals surface area contributed by atoms with E-state index in [1.54, 1.807) is 0 Å². The summed E-state index contributed by atoms with van der Waals surface area (Å²) >= 11 is 0. The lowest BCUT2D eigenvalue weighted by atomic mass is 10.2. The molecule has 1 N–H and O–H groups in total. The number of hydrogen-bond donors (Lipinski definition) is 1. The number of anilines is 1. The first-order valence-corrected chi connectivity index (χ1v) is 5.38. The van der Waals surface area contributed by atoms with E-state index in [0.717, 1.165) is 12.8 Å². The second-order valence-electron chi connectivity index (χ2n) is 3.36. The quantitative estimate of drug-likeness (QED) is 0.732. The summed E-state index contributed by atoms with van der Waals surface area (Å²) in [6.45, 7) is 4.38. The molecule has 0 aliphatic carbocycles. The van der Waals surface area contributed by atoms with Crippen molar-refractivity contribution in [1.82, 2.24) is 0 Å². The normalized spacial score (nSPS) is 11.4. The summed E-state index contributed by atoms with van der Waals surface area (Å²) in [5.74, 6) is 0. The van der Waals surface area contributed by atoms with Crippen LogP contribution in [0.1, 0.15) is 33.1 Å². The van der Waals surface area contributed by atoms with Gasteiger partial charge in [-0.15, -0.1) is 0 Å². The van der Waals surface area contributed by atoms with Crippen molar-refractivity contribution in [2.75, 3.05) is 5.32 Å². The van der Waals surface area contributed by atoms with E-state index in [9.17, 15) is 0 Å². The van der Waals surface area contributed by atoms with Gasteiger partial charge in [0, 0.05) is 11.4 Å². The SMILES string of the molecule is CCCC=C(CC)Nc1ccccc1. The molecule has 0 aliphatic rings. The van der Waals surface area contributed by atoms with Crippen LogP contribution >= 0.6 is 0 Å². The second kappa shape index (κ2) is 6.25. The maximum Gasteiger partial charge on any atom is 0.0381 e. The number of hydrogen-bond acceptors (Lipinski definition) is 1. The fourth-order valence-electron chi connectivity index (χ4n) is 1.31. The Morgan fingerprint density at radius 1 is 1.21 bits per heavy atom. The molecule has 1 heteroatoms. The zero-order valence-electron chi connectivity index (χ0n) is 9.09. The minimum absolute atomic E-state index is 1.06. The summed E-state index contributed by atoms with van der Waals surface area (Å²) in [7, 11) is 0. The summed E-state index contributed by atoms with van der Waals surface area (Å²) in [6.07, 6.45) is 5.71. The first-order chi connectivity index (χ1) is 6.86. The van der Waals surface area contributed by atoms with Crippen LogP contribution in [0.25, 0.3) is 0 Å². The lowest BCUT2D eigenvalue weighted by molar-refractivity contribution is 0.935. The van der Waals surface area contributed by atoms with Gasteiger partial charge in [-0.05, 0) is 25.0 Å². The van der Waals surface area contributed by atoms with Crippen molar-refractivity contribution in [3.63, 3.8) is 0 Å². The Balaban J connectivity index is 2.57. The molecule has 1 rings (SSSR count). The molecule has 0 unspecified atom stereocenters. The molecule has 0 spiro atoms. The third kappa shape index (κ3) is 3.65. The van der Waals surface area contributed by atoms with Gasteiger partial charge in [0.2, 0.25) is 0 Å². The molecule has 1 aromatic carbocycles. The summed E-state index contributed by atoms with van der Waals surface area (Å²) in [5.41, 5.74) is 2.50. The fraction of sp³-hybridized carbons (Fsp3) is 0.385. The van der Waals surface area contributed by atoms with Gasteiger partial charge in [0.05, 0.1) is 0 Å². The van der Waals surface area contributed by atoms with Crippen LogP contribution in [-0.2, 0) is 0 Å². The Kier molecular flexibility index (Phi) is 4.84. The molecule has 0 aromatic heterocycles. The third-order valence-electron chi connectivity index (χ3n) is 2.14. The van der Waals surface area contributed by atoms with E-state index in [1.165, 1.54) is 17.8 Å². The zero-order valence-corrected chi connectivity index (χ0v) is 9.09. The molecule has 0 saturated carbocycles. The molecule has 14 heavy (non-hydrogen) atoms. The smallest absolute Gasteiger partial charge is 0.0381 e. The molecule has 0 heterocycles. The van der Waals surface area contributed by atoms with Crippen molar-refractivity contribution in [2.24, 2.45) is 0 Å². The largest absolute Gasteiger partial charge is 0.359 e. The Labute approximate surface area is 86.8 Å². The lowest BCUT2D eigenvalue weighted by Crippen LogP contribution is -1.97. The van der Waals surface area contributed by atoms with Gasteiger partial charge in [0.15, 0.2) is 0 Å². The highest BCUT2D eigenvalue weighted by molar-refractivity contribution is 5.47. The Bertz CT molecular complexity index is 275. The summed E-state index contributed by atoms with van der Waals surface area (Å²) in [4.78, 5) is 0. The summed E-state index contributed by atoms with van der Waals surface area (Å²) in [5, 5.41) is 3.42. The van der Waals surface area contributed by atoms with Crippen molar-refractivity contribution in [3.8, 4) is 0 Å². The number of allylic oxidation sites excluding steroid dienone is 2. The van der Waals surface area contributed by atoms with E-state index in [4.69, 9.17) is 0 Å². The van der Waals surface area contributed by atoms with Crippen molar-refractivity contribution in [3.05, 3.63) is 42.1 Å². The molecular formula is C13H19N. The average molecular weight is 189 g/mol. The minimum Gasteiger partial charge on any atom is -0.359 e. The topological polar surface area (TPSA) is 12.0 Å². The van der Waals surface area contributed by atoms with Gasteiger partial charge in [-0.1, -0.05) is 44.5 Å². The maximum absolute atomic E-state index is 3.42. The van der Waals surface area contributed by atoms with Crippen LogP contribution in [0.3, 0.4) is 0 Å². The molecule has 0 amide bonds.